The maximum absolute atomic E-state index is 14.1. The standard InChI is InChI=1S/C24H32FN.C8H13N.C3H8.C2H6.C2H4.CH4O/c1-5-18(3)21-8-9-24(19(4)15-21)26-12-10-20(11-13-26)16-22-7-6-17(2)14-23(22)25;1-4-8(2)6-5-7-9-3;1-3-2;3*1-2/h6-9,14-15,18,20H,5,10-13,16H2,1-4H3;4-7,9H,1H2,2-3H3;3H2,1-2H3;1-2H3;1-2H2;2H,1H3/b;7-5-,8-6-;;;;. The molecular formula is C40H67FN2O. The molecule has 0 spiro atoms. The highest BCUT2D eigenvalue weighted by Crippen LogP contribution is 2.31. The maximum Gasteiger partial charge on any atom is 0.126 e. The van der Waals surface area contributed by atoms with Gasteiger partial charge in [-0.25, -0.2) is 4.39 Å². The van der Waals surface area contributed by atoms with E-state index in [0.29, 0.717) is 11.8 Å². The van der Waals surface area contributed by atoms with Gasteiger partial charge in [-0.15, -0.1) is 13.2 Å². The number of aryl methyl sites for hydroxylation is 2. The fourth-order valence-electron chi connectivity index (χ4n) is 4.45. The summed E-state index contributed by atoms with van der Waals surface area (Å²) in [6, 6.07) is 12.6. The minimum atomic E-state index is -0.0380. The Morgan fingerprint density at radius 1 is 1.05 bits per heavy atom. The summed E-state index contributed by atoms with van der Waals surface area (Å²) in [5.74, 6) is 1.17. The van der Waals surface area contributed by atoms with Gasteiger partial charge in [-0.1, -0.05) is 96.5 Å². The van der Waals surface area contributed by atoms with E-state index in [4.69, 9.17) is 5.11 Å². The lowest BCUT2D eigenvalue weighted by Gasteiger charge is -2.35. The van der Waals surface area contributed by atoms with Gasteiger partial charge < -0.3 is 15.3 Å². The molecule has 0 aromatic heterocycles. The van der Waals surface area contributed by atoms with Gasteiger partial charge in [-0.2, -0.15) is 0 Å². The SMILES string of the molecule is C=C.C=C/C(C)=C\C=C/NC.CC.CCC.CCC(C)c1ccc(N2CCC(Cc3ccc(C)cc3F)CC2)c(C)c1.CO. The molecule has 0 bridgehead atoms. The molecule has 0 aliphatic carbocycles. The van der Waals surface area contributed by atoms with Crippen molar-refractivity contribution in [2.45, 2.75) is 100 Å². The van der Waals surface area contributed by atoms with Gasteiger partial charge in [-0.3, -0.25) is 0 Å². The molecule has 2 aromatic carbocycles. The van der Waals surface area contributed by atoms with Crippen LogP contribution in [0, 0.1) is 25.6 Å². The average Bonchev–Trinajstić information content (AvgIpc) is 3.06. The van der Waals surface area contributed by atoms with Crippen molar-refractivity contribution in [1.82, 2.24) is 5.32 Å². The van der Waals surface area contributed by atoms with Gasteiger partial charge in [-0.05, 0) is 105 Å². The van der Waals surface area contributed by atoms with E-state index in [0.717, 1.165) is 50.6 Å². The Labute approximate surface area is 272 Å². The minimum Gasteiger partial charge on any atom is -0.400 e. The van der Waals surface area contributed by atoms with Gasteiger partial charge in [0.25, 0.3) is 0 Å². The second kappa shape index (κ2) is 29.9. The van der Waals surface area contributed by atoms with Crippen LogP contribution in [0.3, 0.4) is 0 Å². The van der Waals surface area contributed by atoms with Gasteiger partial charge in [0.15, 0.2) is 0 Å². The van der Waals surface area contributed by atoms with Crippen LogP contribution >= 0.6 is 0 Å². The van der Waals surface area contributed by atoms with Crippen LogP contribution in [0.5, 0.6) is 0 Å². The minimum absolute atomic E-state index is 0.0380. The molecule has 2 N–H and O–H groups in total. The number of nitrogens with one attached hydrogen (secondary N) is 1. The van der Waals surface area contributed by atoms with E-state index < -0.39 is 0 Å². The first-order valence-corrected chi connectivity index (χ1v) is 16.4. The predicted molar refractivity (Wildman–Crippen MR) is 199 cm³/mol. The zero-order valence-corrected chi connectivity index (χ0v) is 30.3. The molecule has 0 radical (unpaired) electrons. The molecule has 250 valence electrons. The molecule has 1 aliphatic heterocycles. The van der Waals surface area contributed by atoms with Crippen LogP contribution < -0.4 is 10.2 Å². The van der Waals surface area contributed by atoms with Crippen molar-refractivity contribution in [2.24, 2.45) is 5.92 Å². The van der Waals surface area contributed by atoms with Crippen LogP contribution in [0.4, 0.5) is 10.1 Å². The van der Waals surface area contributed by atoms with E-state index in [1.807, 2.05) is 71.3 Å². The number of hydrogen-bond donors (Lipinski definition) is 2. The number of nitrogens with zero attached hydrogens (tertiary/aromatic N) is 1. The van der Waals surface area contributed by atoms with Crippen molar-refractivity contribution in [3.05, 3.63) is 114 Å². The third-order valence-electron chi connectivity index (χ3n) is 7.02. The number of hydrogen-bond acceptors (Lipinski definition) is 3. The van der Waals surface area contributed by atoms with Crippen molar-refractivity contribution in [1.29, 1.82) is 0 Å². The average molecular weight is 611 g/mol. The Kier molecular flexibility index (Phi) is 30.8. The van der Waals surface area contributed by atoms with Gasteiger partial charge >= 0.3 is 0 Å². The number of benzene rings is 2. The third-order valence-corrected chi connectivity index (χ3v) is 7.02. The normalized spacial score (nSPS) is 13.1. The van der Waals surface area contributed by atoms with E-state index in [2.05, 4.69) is 82.8 Å². The molecule has 3 rings (SSSR count). The number of aliphatic hydroxyl groups excluding tert-OH is 1. The fraction of sp³-hybridized carbons (Fsp3) is 0.500. The van der Waals surface area contributed by atoms with E-state index in [-0.39, 0.29) is 5.82 Å². The van der Waals surface area contributed by atoms with Gasteiger partial charge in [0.2, 0.25) is 0 Å². The van der Waals surface area contributed by atoms with Gasteiger partial charge in [0.1, 0.15) is 5.82 Å². The van der Waals surface area contributed by atoms with Crippen LogP contribution in [0.25, 0.3) is 0 Å². The molecule has 1 atom stereocenters. The smallest absolute Gasteiger partial charge is 0.126 e. The number of aliphatic hydroxyl groups is 1. The number of anilines is 1. The number of piperidine rings is 1. The topological polar surface area (TPSA) is 35.5 Å². The molecule has 0 amide bonds. The lowest BCUT2D eigenvalue weighted by Crippen LogP contribution is -2.34. The van der Waals surface area contributed by atoms with E-state index in [1.54, 1.807) is 6.07 Å². The van der Waals surface area contributed by atoms with E-state index in [1.165, 1.54) is 35.2 Å². The van der Waals surface area contributed by atoms with Gasteiger partial charge in [0, 0.05) is 32.9 Å². The molecule has 0 saturated carbocycles. The largest absolute Gasteiger partial charge is 0.400 e. The van der Waals surface area contributed by atoms with E-state index >= 15 is 0 Å². The number of rotatable bonds is 8. The summed E-state index contributed by atoms with van der Waals surface area (Å²) in [5.41, 5.74) is 7.24. The van der Waals surface area contributed by atoms with Crippen LogP contribution in [0.1, 0.15) is 102 Å². The quantitative estimate of drug-likeness (QED) is 0.230. The Morgan fingerprint density at radius 3 is 2.07 bits per heavy atom. The Morgan fingerprint density at radius 2 is 1.61 bits per heavy atom. The molecule has 4 heteroatoms. The molecule has 2 aromatic rings. The maximum atomic E-state index is 14.1. The summed E-state index contributed by atoms with van der Waals surface area (Å²) < 4.78 is 14.1. The molecule has 1 saturated heterocycles. The number of allylic oxidation sites excluding steroid dienone is 4. The fourth-order valence-corrected chi connectivity index (χ4v) is 4.45. The highest BCUT2D eigenvalue weighted by molar-refractivity contribution is 5.55. The second-order valence-corrected chi connectivity index (χ2v) is 10.6. The molecule has 3 nitrogen and oxygen atoms in total. The molecule has 1 fully saturated rings. The number of halogens is 1. The first-order chi connectivity index (χ1) is 21.2. The van der Waals surface area contributed by atoms with Crippen molar-refractivity contribution < 1.29 is 9.50 Å². The summed E-state index contributed by atoms with van der Waals surface area (Å²) in [7, 11) is 2.87. The zero-order valence-electron chi connectivity index (χ0n) is 30.3. The van der Waals surface area contributed by atoms with Crippen molar-refractivity contribution in [3.8, 4) is 0 Å². The first kappa shape index (κ1) is 45.3. The molecule has 44 heavy (non-hydrogen) atoms. The van der Waals surface area contributed by atoms with Crippen LogP contribution in [-0.4, -0.2) is 32.4 Å². The lowest BCUT2D eigenvalue weighted by atomic mass is 9.89. The monoisotopic (exact) mass is 611 g/mol. The molecule has 1 heterocycles. The molecular weight excluding hydrogens is 543 g/mol. The summed E-state index contributed by atoms with van der Waals surface area (Å²) in [4.78, 5) is 2.51. The molecule has 1 aliphatic rings. The lowest BCUT2D eigenvalue weighted by molar-refractivity contribution is 0.398. The highest BCUT2D eigenvalue weighted by atomic mass is 19.1. The predicted octanol–water partition coefficient (Wildman–Crippen LogP) is 11.1. The van der Waals surface area contributed by atoms with Crippen LogP contribution in [0.2, 0.25) is 0 Å². The Bertz CT molecular complexity index is 1040. The Balaban J connectivity index is -0.000000781. The van der Waals surface area contributed by atoms with Gasteiger partial charge in [0.05, 0.1) is 0 Å². The van der Waals surface area contributed by atoms with Crippen molar-refractivity contribution >= 4 is 5.69 Å². The third kappa shape index (κ3) is 19.2. The van der Waals surface area contributed by atoms with Crippen LogP contribution in [0.15, 0.2) is 86.1 Å². The van der Waals surface area contributed by atoms with E-state index in [9.17, 15) is 4.39 Å². The molecule has 1 unspecified atom stereocenters. The first-order valence-electron chi connectivity index (χ1n) is 16.4. The highest BCUT2D eigenvalue weighted by Gasteiger charge is 2.22. The summed E-state index contributed by atoms with van der Waals surface area (Å²) in [5, 5.41) is 9.89. The second-order valence-electron chi connectivity index (χ2n) is 10.6. The summed E-state index contributed by atoms with van der Waals surface area (Å²) >= 11 is 0. The van der Waals surface area contributed by atoms with Crippen molar-refractivity contribution in [2.75, 3.05) is 32.1 Å². The zero-order chi connectivity index (χ0) is 34.5. The van der Waals surface area contributed by atoms with Crippen LogP contribution in [-0.2, 0) is 6.42 Å². The Hall–Kier alpha value is -3.11. The summed E-state index contributed by atoms with van der Waals surface area (Å²) in [6.07, 6.45) is 13.2. The van der Waals surface area contributed by atoms with Crippen molar-refractivity contribution in [3.63, 3.8) is 0 Å². The summed E-state index contributed by atoms with van der Waals surface area (Å²) in [6.45, 7) is 30.7.